The van der Waals surface area contributed by atoms with Gasteiger partial charge in [-0.25, -0.2) is 4.79 Å². The number of hydrogen-bond donors (Lipinski definition) is 1. The van der Waals surface area contributed by atoms with Crippen molar-refractivity contribution in [2.45, 2.75) is 20.5 Å². The lowest BCUT2D eigenvalue weighted by Crippen LogP contribution is -2.05. The van der Waals surface area contributed by atoms with E-state index in [1.54, 1.807) is 13.0 Å². The lowest BCUT2D eigenvalue weighted by Gasteiger charge is -2.04. The van der Waals surface area contributed by atoms with Crippen molar-refractivity contribution in [2.75, 3.05) is 0 Å². The molecular formula is C12H12N2O4. The van der Waals surface area contributed by atoms with Gasteiger partial charge >= 0.3 is 5.97 Å². The number of rotatable bonds is 3. The molecular weight excluding hydrogens is 236 g/mol. The van der Waals surface area contributed by atoms with Crippen molar-refractivity contribution in [1.29, 1.82) is 0 Å². The summed E-state index contributed by atoms with van der Waals surface area (Å²) >= 11 is 0. The average molecular weight is 248 g/mol. The van der Waals surface area contributed by atoms with Crippen LogP contribution in [-0.2, 0) is 11.3 Å². The maximum atomic E-state index is 11.7. The Balaban J connectivity index is 2.03. The van der Waals surface area contributed by atoms with Gasteiger partial charge in [0.2, 0.25) is 0 Å². The topological polar surface area (TPSA) is 85.5 Å². The molecule has 0 bridgehead atoms. The van der Waals surface area contributed by atoms with Gasteiger partial charge in [-0.15, -0.1) is 0 Å². The summed E-state index contributed by atoms with van der Waals surface area (Å²) in [6.07, 6.45) is 0. The standard InChI is InChI=1S/C12H12N2O4/c1-7-3-4-9(10(15)5-7)12(16)17-6-11-13-8(2)14-18-11/h3-5,15H,6H2,1-2H3. The number of hydrogen-bond acceptors (Lipinski definition) is 6. The Morgan fingerprint density at radius 2 is 2.22 bits per heavy atom. The number of carbonyl (C=O) groups is 1. The lowest BCUT2D eigenvalue weighted by atomic mass is 10.1. The molecule has 0 amide bonds. The van der Waals surface area contributed by atoms with Gasteiger partial charge in [0.15, 0.2) is 12.4 Å². The molecule has 0 aliphatic heterocycles. The molecule has 0 saturated carbocycles. The van der Waals surface area contributed by atoms with Gasteiger partial charge in [0.05, 0.1) is 0 Å². The lowest BCUT2D eigenvalue weighted by molar-refractivity contribution is 0.0426. The van der Waals surface area contributed by atoms with E-state index in [0.717, 1.165) is 5.56 Å². The molecule has 0 unspecified atom stereocenters. The monoisotopic (exact) mass is 248 g/mol. The van der Waals surface area contributed by atoms with Crippen LogP contribution in [0, 0.1) is 13.8 Å². The molecule has 0 saturated heterocycles. The number of benzene rings is 1. The first-order valence-corrected chi connectivity index (χ1v) is 5.32. The third-order valence-electron chi connectivity index (χ3n) is 2.27. The largest absolute Gasteiger partial charge is 0.507 e. The summed E-state index contributed by atoms with van der Waals surface area (Å²) in [7, 11) is 0. The van der Waals surface area contributed by atoms with E-state index in [1.807, 2.05) is 6.92 Å². The predicted molar refractivity (Wildman–Crippen MR) is 61.0 cm³/mol. The van der Waals surface area contributed by atoms with Crippen LogP contribution in [0.5, 0.6) is 5.75 Å². The van der Waals surface area contributed by atoms with E-state index in [0.29, 0.717) is 5.82 Å². The number of aromatic hydroxyl groups is 1. The Bertz CT molecular complexity index is 577. The van der Waals surface area contributed by atoms with Crippen molar-refractivity contribution < 1.29 is 19.2 Å². The van der Waals surface area contributed by atoms with E-state index < -0.39 is 5.97 Å². The smallest absolute Gasteiger partial charge is 0.342 e. The molecule has 0 radical (unpaired) electrons. The first-order chi connectivity index (χ1) is 8.56. The van der Waals surface area contributed by atoms with Gasteiger partial charge < -0.3 is 14.4 Å². The average Bonchev–Trinajstić information content (AvgIpc) is 2.72. The number of carbonyl (C=O) groups excluding carboxylic acids is 1. The molecule has 1 N–H and O–H groups in total. The number of ether oxygens (including phenoxy) is 1. The fraction of sp³-hybridized carbons (Fsp3) is 0.250. The fourth-order valence-electron chi connectivity index (χ4n) is 1.42. The molecule has 1 heterocycles. The Hall–Kier alpha value is -2.37. The van der Waals surface area contributed by atoms with Gasteiger partial charge in [-0.2, -0.15) is 4.98 Å². The summed E-state index contributed by atoms with van der Waals surface area (Å²) in [4.78, 5) is 15.6. The van der Waals surface area contributed by atoms with E-state index in [2.05, 4.69) is 10.1 Å². The van der Waals surface area contributed by atoms with E-state index in [4.69, 9.17) is 9.26 Å². The van der Waals surface area contributed by atoms with Crippen LogP contribution >= 0.6 is 0 Å². The first-order valence-electron chi connectivity index (χ1n) is 5.32. The van der Waals surface area contributed by atoms with Crippen LogP contribution in [0.1, 0.15) is 27.6 Å². The first kappa shape index (κ1) is 12.1. The zero-order chi connectivity index (χ0) is 13.1. The van der Waals surface area contributed by atoms with Crippen LogP contribution in [0.15, 0.2) is 22.7 Å². The summed E-state index contributed by atoms with van der Waals surface area (Å²) in [5.41, 5.74) is 0.966. The molecule has 0 atom stereocenters. The van der Waals surface area contributed by atoms with Crippen molar-refractivity contribution in [3.05, 3.63) is 41.0 Å². The molecule has 1 aromatic carbocycles. The second-order valence-electron chi connectivity index (χ2n) is 3.83. The highest BCUT2D eigenvalue weighted by molar-refractivity contribution is 5.92. The minimum atomic E-state index is -0.636. The van der Waals surface area contributed by atoms with Crippen LogP contribution in [-0.4, -0.2) is 21.2 Å². The Labute approximate surface area is 103 Å². The van der Waals surface area contributed by atoms with Crippen LogP contribution < -0.4 is 0 Å². The molecule has 0 aliphatic carbocycles. The quantitative estimate of drug-likeness (QED) is 0.833. The Morgan fingerprint density at radius 1 is 1.44 bits per heavy atom. The number of nitrogens with zero attached hydrogens (tertiary/aromatic N) is 2. The van der Waals surface area contributed by atoms with Crippen molar-refractivity contribution in [3.63, 3.8) is 0 Å². The molecule has 0 aliphatic rings. The fourth-order valence-corrected chi connectivity index (χ4v) is 1.42. The summed E-state index contributed by atoms with van der Waals surface area (Å²) in [5.74, 6) is -0.0586. The third-order valence-corrected chi connectivity index (χ3v) is 2.27. The molecule has 1 aromatic heterocycles. The number of phenols is 1. The van der Waals surface area contributed by atoms with Crippen LogP contribution in [0.3, 0.4) is 0 Å². The Kier molecular flexibility index (Phi) is 3.27. The number of esters is 1. The molecule has 6 nitrogen and oxygen atoms in total. The van der Waals surface area contributed by atoms with Crippen molar-refractivity contribution in [1.82, 2.24) is 10.1 Å². The normalized spacial score (nSPS) is 10.3. The molecule has 2 rings (SSSR count). The van der Waals surface area contributed by atoms with Crippen LogP contribution in [0.25, 0.3) is 0 Å². The molecule has 94 valence electrons. The van der Waals surface area contributed by atoms with E-state index in [-0.39, 0.29) is 23.8 Å². The van der Waals surface area contributed by atoms with Crippen LogP contribution in [0.4, 0.5) is 0 Å². The van der Waals surface area contributed by atoms with E-state index in [1.165, 1.54) is 12.1 Å². The molecule has 18 heavy (non-hydrogen) atoms. The molecule has 0 spiro atoms. The zero-order valence-corrected chi connectivity index (χ0v) is 10.0. The molecule has 0 fully saturated rings. The summed E-state index contributed by atoms with van der Waals surface area (Å²) < 4.78 is 9.75. The zero-order valence-electron chi connectivity index (χ0n) is 10.0. The van der Waals surface area contributed by atoms with E-state index >= 15 is 0 Å². The highest BCUT2D eigenvalue weighted by Crippen LogP contribution is 2.19. The van der Waals surface area contributed by atoms with E-state index in [9.17, 15) is 9.90 Å². The van der Waals surface area contributed by atoms with Crippen molar-refractivity contribution in [2.24, 2.45) is 0 Å². The molecule has 6 heteroatoms. The van der Waals surface area contributed by atoms with Gasteiger partial charge in [0.25, 0.3) is 5.89 Å². The second kappa shape index (κ2) is 4.87. The van der Waals surface area contributed by atoms with Gasteiger partial charge in [-0.05, 0) is 31.5 Å². The summed E-state index contributed by atoms with van der Waals surface area (Å²) in [5, 5.41) is 13.2. The van der Waals surface area contributed by atoms with Crippen molar-refractivity contribution >= 4 is 5.97 Å². The van der Waals surface area contributed by atoms with Crippen molar-refractivity contribution in [3.8, 4) is 5.75 Å². The second-order valence-corrected chi connectivity index (χ2v) is 3.83. The van der Waals surface area contributed by atoms with Gasteiger partial charge in [-0.1, -0.05) is 11.2 Å². The number of phenolic OH excluding ortho intramolecular Hbond substituents is 1. The van der Waals surface area contributed by atoms with Gasteiger partial charge in [0, 0.05) is 0 Å². The number of aromatic nitrogens is 2. The minimum absolute atomic E-state index is 0.108. The van der Waals surface area contributed by atoms with Crippen LogP contribution in [0.2, 0.25) is 0 Å². The molecule has 2 aromatic rings. The SMILES string of the molecule is Cc1ccc(C(=O)OCc2nc(C)no2)c(O)c1. The maximum absolute atomic E-state index is 11.7. The summed E-state index contributed by atoms with van der Waals surface area (Å²) in [6.45, 7) is 3.36. The third kappa shape index (κ3) is 2.65. The minimum Gasteiger partial charge on any atom is -0.507 e. The number of aryl methyl sites for hydroxylation is 2. The van der Waals surface area contributed by atoms with Gasteiger partial charge in [0.1, 0.15) is 11.3 Å². The summed E-state index contributed by atoms with van der Waals surface area (Å²) in [6, 6.07) is 4.71. The maximum Gasteiger partial charge on any atom is 0.342 e. The highest BCUT2D eigenvalue weighted by Gasteiger charge is 2.14. The Morgan fingerprint density at radius 3 is 2.83 bits per heavy atom. The predicted octanol–water partition coefficient (Wildman–Crippen LogP) is 1.75. The van der Waals surface area contributed by atoms with Gasteiger partial charge in [-0.3, -0.25) is 0 Å². The highest BCUT2D eigenvalue weighted by atomic mass is 16.6.